The lowest BCUT2D eigenvalue weighted by Gasteiger charge is -2.36. The molecule has 1 amide bonds. The van der Waals surface area contributed by atoms with Crippen molar-refractivity contribution in [2.24, 2.45) is 7.05 Å². The number of rotatable bonds is 6. The second-order valence-electron chi connectivity index (χ2n) is 8.00. The average molecular weight is 442 g/mol. The first-order valence-corrected chi connectivity index (χ1v) is 10.8. The molecule has 1 saturated carbocycles. The van der Waals surface area contributed by atoms with Crippen molar-refractivity contribution in [3.63, 3.8) is 0 Å². The van der Waals surface area contributed by atoms with Gasteiger partial charge in [0.2, 0.25) is 5.91 Å². The molecule has 3 aromatic rings. The van der Waals surface area contributed by atoms with Crippen LogP contribution < -0.4 is 15.4 Å². The quantitative estimate of drug-likeness (QED) is 0.479. The van der Waals surface area contributed by atoms with E-state index < -0.39 is 17.0 Å². The molecule has 1 aliphatic carbocycles. The zero-order chi connectivity index (χ0) is 21.6. The number of hydrogen-bond acceptors (Lipinski definition) is 5. The van der Waals surface area contributed by atoms with Gasteiger partial charge in [0, 0.05) is 25.0 Å². The number of aromatic nitrogens is 2. The largest absolute Gasteiger partial charge is 0.378 e. The van der Waals surface area contributed by atoms with Crippen molar-refractivity contribution in [2.75, 3.05) is 15.4 Å². The number of hydrogen-bond donors (Lipinski definition) is 3. The van der Waals surface area contributed by atoms with Gasteiger partial charge < -0.3 is 19.9 Å². The number of aryl methyl sites for hydroxylation is 1. The SMILES string of the molecule is Cn1cnc(CNc2cc(NSc3ccc(F)cc3F)cc3c2NC(=O)C32CCC2)c1. The molecule has 1 fully saturated rings. The van der Waals surface area contributed by atoms with E-state index in [9.17, 15) is 13.6 Å². The number of fused-ring (bicyclic) bond motifs is 2. The van der Waals surface area contributed by atoms with Crippen molar-refractivity contribution in [1.82, 2.24) is 9.55 Å². The van der Waals surface area contributed by atoms with Crippen LogP contribution in [0.2, 0.25) is 0 Å². The number of nitrogens with zero attached hydrogens (tertiary/aromatic N) is 2. The number of amides is 1. The zero-order valence-electron chi connectivity index (χ0n) is 16.8. The second kappa shape index (κ2) is 7.56. The topological polar surface area (TPSA) is 71.0 Å². The molecule has 160 valence electrons. The number of imidazole rings is 1. The monoisotopic (exact) mass is 441 g/mol. The number of benzene rings is 2. The number of carbonyl (C=O) groups excluding carboxylic acids is 1. The Morgan fingerprint density at radius 2 is 2.10 bits per heavy atom. The van der Waals surface area contributed by atoms with E-state index >= 15 is 0 Å². The Morgan fingerprint density at radius 3 is 2.77 bits per heavy atom. The first-order valence-electron chi connectivity index (χ1n) is 10.0. The first kappa shape index (κ1) is 19.9. The fourth-order valence-corrected chi connectivity index (χ4v) is 4.79. The summed E-state index contributed by atoms with van der Waals surface area (Å²) < 4.78 is 32.2. The number of carbonyl (C=O) groups is 1. The molecule has 0 atom stereocenters. The molecular weight excluding hydrogens is 420 g/mol. The summed E-state index contributed by atoms with van der Waals surface area (Å²) >= 11 is 1.07. The normalized spacial score (nSPS) is 16.0. The van der Waals surface area contributed by atoms with Crippen LogP contribution in [-0.2, 0) is 23.8 Å². The van der Waals surface area contributed by atoms with Gasteiger partial charge in [-0.05, 0) is 54.6 Å². The van der Waals surface area contributed by atoms with Crippen LogP contribution in [-0.4, -0.2) is 15.5 Å². The summed E-state index contributed by atoms with van der Waals surface area (Å²) in [5.41, 5.74) is 3.66. The molecule has 5 rings (SSSR count). The molecule has 0 unspecified atom stereocenters. The van der Waals surface area contributed by atoms with Crippen LogP contribution in [0.15, 0.2) is 47.8 Å². The molecule has 31 heavy (non-hydrogen) atoms. The second-order valence-corrected chi connectivity index (χ2v) is 8.85. The maximum absolute atomic E-state index is 14.0. The molecule has 0 saturated heterocycles. The van der Waals surface area contributed by atoms with Crippen molar-refractivity contribution >= 4 is 34.9 Å². The van der Waals surface area contributed by atoms with Gasteiger partial charge in [-0.15, -0.1) is 0 Å². The number of halogens is 2. The van der Waals surface area contributed by atoms with Crippen LogP contribution in [0.25, 0.3) is 0 Å². The van der Waals surface area contributed by atoms with E-state index in [1.165, 1.54) is 12.1 Å². The van der Waals surface area contributed by atoms with Gasteiger partial charge in [-0.25, -0.2) is 13.8 Å². The van der Waals surface area contributed by atoms with Crippen molar-refractivity contribution in [2.45, 2.75) is 36.1 Å². The highest BCUT2D eigenvalue weighted by atomic mass is 32.2. The smallest absolute Gasteiger partial charge is 0.235 e. The van der Waals surface area contributed by atoms with Gasteiger partial charge in [0.15, 0.2) is 0 Å². The maximum atomic E-state index is 14.0. The standard InChI is InChI=1S/C22H21F2N5OS/c1-29-11-15(26-12-29)10-25-18-9-14(28-31-19-4-3-13(23)7-17(19)24)8-16-20(18)27-21(30)22(16)5-2-6-22/h3-4,7-9,11-12,25,28H,2,5-6,10H2,1H3,(H,27,30). The van der Waals surface area contributed by atoms with Crippen molar-refractivity contribution < 1.29 is 13.6 Å². The van der Waals surface area contributed by atoms with Gasteiger partial charge in [0.05, 0.1) is 40.3 Å². The molecular formula is C22H21F2N5OS. The van der Waals surface area contributed by atoms with Gasteiger partial charge in [-0.1, -0.05) is 6.42 Å². The molecule has 3 N–H and O–H groups in total. The highest BCUT2D eigenvalue weighted by molar-refractivity contribution is 8.00. The van der Waals surface area contributed by atoms with E-state index in [4.69, 9.17) is 0 Å². The predicted molar refractivity (Wildman–Crippen MR) is 117 cm³/mol. The molecule has 0 bridgehead atoms. The van der Waals surface area contributed by atoms with Gasteiger partial charge in [-0.3, -0.25) is 4.79 Å². The summed E-state index contributed by atoms with van der Waals surface area (Å²) in [4.78, 5) is 17.4. The Balaban J connectivity index is 1.44. The first-order chi connectivity index (χ1) is 14.9. The van der Waals surface area contributed by atoms with Gasteiger partial charge in [-0.2, -0.15) is 0 Å². The zero-order valence-corrected chi connectivity index (χ0v) is 17.7. The van der Waals surface area contributed by atoms with Crippen LogP contribution in [0.4, 0.5) is 25.8 Å². The van der Waals surface area contributed by atoms with E-state index in [-0.39, 0.29) is 10.8 Å². The lowest BCUT2D eigenvalue weighted by molar-refractivity contribution is -0.123. The summed E-state index contributed by atoms with van der Waals surface area (Å²) in [5, 5.41) is 6.43. The van der Waals surface area contributed by atoms with Gasteiger partial charge >= 0.3 is 0 Å². The van der Waals surface area contributed by atoms with Crippen LogP contribution in [0.3, 0.4) is 0 Å². The fourth-order valence-electron chi connectivity index (χ4n) is 4.15. The fraction of sp³-hybridized carbons (Fsp3) is 0.273. The van der Waals surface area contributed by atoms with Crippen LogP contribution in [0, 0.1) is 11.6 Å². The average Bonchev–Trinajstić information content (AvgIpc) is 3.25. The van der Waals surface area contributed by atoms with E-state index in [2.05, 4.69) is 20.3 Å². The third kappa shape index (κ3) is 3.52. The molecule has 1 spiro atoms. The van der Waals surface area contributed by atoms with E-state index in [0.717, 1.165) is 65.6 Å². The molecule has 2 aliphatic rings. The molecule has 1 aromatic heterocycles. The van der Waals surface area contributed by atoms with Crippen LogP contribution in [0.5, 0.6) is 0 Å². The van der Waals surface area contributed by atoms with E-state index in [0.29, 0.717) is 6.54 Å². The number of anilines is 3. The Kier molecular flexibility index (Phi) is 4.85. The highest BCUT2D eigenvalue weighted by Gasteiger charge is 2.51. The molecule has 6 nitrogen and oxygen atoms in total. The highest BCUT2D eigenvalue weighted by Crippen LogP contribution is 2.54. The number of nitrogens with one attached hydrogen (secondary N) is 3. The molecule has 1 aliphatic heterocycles. The summed E-state index contributed by atoms with van der Waals surface area (Å²) in [6, 6.07) is 7.31. The van der Waals surface area contributed by atoms with Crippen molar-refractivity contribution in [3.05, 3.63) is 65.7 Å². The summed E-state index contributed by atoms with van der Waals surface area (Å²) in [5.74, 6) is -1.21. The lowest BCUT2D eigenvalue weighted by Crippen LogP contribution is -2.40. The van der Waals surface area contributed by atoms with Crippen molar-refractivity contribution in [3.8, 4) is 0 Å². The molecule has 2 aromatic carbocycles. The minimum Gasteiger partial charge on any atom is -0.378 e. The Bertz CT molecular complexity index is 1170. The minimum atomic E-state index is -0.625. The maximum Gasteiger partial charge on any atom is 0.235 e. The minimum absolute atomic E-state index is 0.0315. The van der Waals surface area contributed by atoms with Crippen LogP contribution >= 0.6 is 11.9 Å². The van der Waals surface area contributed by atoms with E-state index in [1.807, 2.05) is 29.9 Å². The third-order valence-electron chi connectivity index (χ3n) is 5.93. The van der Waals surface area contributed by atoms with E-state index in [1.54, 1.807) is 6.33 Å². The predicted octanol–water partition coefficient (Wildman–Crippen LogP) is 4.80. The molecule has 2 heterocycles. The van der Waals surface area contributed by atoms with Crippen molar-refractivity contribution in [1.29, 1.82) is 0 Å². The summed E-state index contributed by atoms with van der Waals surface area (Å²) in [7, 11) is 1.91. The Labute approximate surface area is 182 Å². The summed E-state index contributed by atoms with van der Waals surface area (Å²) in [6.07, 6.45) is 6.30. The van der Waals surface area contributed by atoms with Gasteiger partial charge in [0.25, 0.3) is 0 Å². The summed E-state index contributed by atoms with van der Waals surface area (Å²) in [6.45, 7) is 0.499. The van der Waals surface area contributed by atoms with Crippen LogP contribution in [0.1, 0.15) is 30.5 Å². The third-order valence-corrected chi connectivity index (χ3v) is 6.81. The Morgan fingerprint density at radius 1 is 1.26 bits per heavy atom. The molecule has 0 radical (unpaired) electrons. The Hall–Kier alpha value is -3.07. The lowest BCUT2D eigenvalue weighted by atomic mass is 9.65. The molecule has 9 heteroatoms. The van der Waals surface area contributed by atoms with Gasteiger partial charge in [0.1, 0.15) is 11.6 Å².